The fraction of sp³-hybridized carbons (Fsp3) is 0.412. The Morgan fingerprint density at radius 3 is 2.18 bits per heavy atom. The molecule has 0 aliphatic carbocycles. The Hall–Kier alpha value is -3.60. The van der Waals surface area contributed by atoms with Gasteiger partial charge < -0.3 is 15.0 Å². The van der Waals surface area contributed by atoms with Gasteiger partial charge in [-0.15, -0.1) is 0 Å². The zero-order valence-corrected chi connectivity index (χ0v) is 24.4. The number of hydrogen-bond donors (Lipinski definition) is 1. The molecule has 5 heteroatoms. The molecule has 2 atom stereocenters. The van der Waals surface area contributed by atoms with Crippen LogP contribution in [-0.4, -0.2) is 35.9 Å². The van der Waals surface area contributed by atoms with Crippen molar-refractivity contribution in [2.75, 3.05) is 7.11 Å². The van der Waals surface area contributed by atoms with Crippen LogP contribution in [0, 0.1) is 0 Å². The van der Waals surface area contributed by atoms with Crippen LogP contribution in [0.1, 0.15) is 69.7 Å². The predicted molar refractivity (Wildman–Crippen MR) is 159 cm³/mol. The van der Waals surface area contributed by atoms with E-state index in [1.54, 1.807) is 12.0 Å². The lowest BCUT2D eigenvalue weighted by molar-refractivity contribution is -0.141. The molecule has 0 unspecified atom stereocenters. The Morgan fingerprint density at radius 1 is 0.897 bits per heavy atom. The highest BCUT2D eigenvalue weighted by Crippen LogP contribution is 2.23. The van der Waals surface area contributed by atoms with E-state index in [0.29, 0.717) is 25.8 Å². The maximum atomic E-state index is 13.9. The minimum atomic E-state index is -0.636. The first kappa shape index (κ1) is 29.9. The quantitative estimate of drug-likeness (QED) is 0.293. The number of carbonyl (C=O) groups excluding carboxylic acids is 2. The summed E-state index contributed by atoms with van der Waals surface area (Å²) in [5, 5.41) is 3.13. The van der Waals surface area contributed by atoms with Gasteiger partial charge in [0.2, 0.25) is 11.8 Å². The van der Waals surface area contributed by atoms with Crippen LogP contribution in [0.3, 0.4) is 0 Å². The molecule has 39 heavy (non-hydrogen) atoms. The summed E-state index contributed by atoms with van der Waals surface area (Å²) in [5.74, 6) is 0.555. The first-order valence-electron chi connectivity index (χ1n) is 14.0. The van der Waals surface area contributed by atoms with Crippen LogP contribution < -0.4 is 10.1 Å². The number of amides is 2. The largest absolute Gasteiger partial charge is 0.497 e. The van der Waals surface area contributed by atoms with Gasteiger partial charge in [0, 0.05) is 25.4 Å². The number of carbonyl (C=O) groups is 2. The summed E-state index contributed by atoms with van der Waals surface area (Å²) in [7, 11) is 1.63. The molecule has 0 bridgehead atoms. The maximum absolute atomic E-state index is 13.9. The van der Waals surface area contributed by atoms with Crippen molar-refractivity contribution >= 4 is 11.8 Å². The Balaban J connectivity index is 1.90. The first-order chi connectivity index (χ1) is 18.6. The Labute approximate surface area is 234 Å². The minimum absolute atomic E-state index is 0.0193. The van der Waals surface area contributed by atoms with E-state index in [2.05, 4.69) is 50.4 Å². The summed E-state index contributed by atoms with van der Waals surface area (Å²) in [4.78, 5) is 29.3. The summed E-state index contributed by atoms with van der Waals surface area (Å²) in [6, 6.07) is 25.5. The number of rotatable bonds is 12. The van der Waals surface area contributed by atoms with E-state index < -0.39 is 6.04 Å². The molecule has 0 saturated heterocycles. The molecule has 3 rings (SSSR count). The highest BCUT2D eigenvalue weighted by Gasteiger charge is 2.31. The van der Waals surface area contributed by atoms with Crippen LogP contribution in [-0.2, 0) is 34.4 Å². The number of benzene rings is 3. The van der Waals surface area contributed by atoms with Gasteiger partial charge in [-0.3, -0.25) is 9.59 Å². The van der Waals surface area contributed by atoms with E-state index >= 15 is 0 Å². The van der Waals surface area contributed by atoms with Gasteiger partial charge in [-0.25, -0.2) is 0 Å². The Morgan fingerprint density at radius 2 is 1.56 bits per heavy atom. The van der Waals surface area contributed by atoms with Crippen molar-refractivity contribution in [2.24, 2.45) is 0 Å². The molecule has 208 valence electrons. The smallest absolute Gasteiger partial charge is 0.243 e. The number of nitrogens with one attached hydrogen (secondary N) is 1. The molecule has 3 aromatic rings. The predicted octanol–water partition coefficient (Wildman–Crippen LogP) is 6.48. The van der Waals surface area contributed by atoms with Gasteiger partial charge in [-0.2, -0.15) is 0 Å². The summed E-state index contributed by atoms with van der Waals surface area (Å²) in [6.07, 6.45) is 2.20. The van der Waals surface area contributed by atoms with E-state index in [9.17, 15) is 9.59 Å². The Kier molecular flexibility index (Phi) is 10.7. The number of nitrogens with zero attached hydrogens (tertiary/aromatic N) is 1. The number of hydrogen-bond acceptors (Lipinski definition) is 3. The van der Waals surface area contributed by atoms with Crippen molar-refractivity contribution in [3.63, 3.8) is 0 Å². The minimum Gasteiger partial charge on any atom is -0.497 e. The van der Waals surface area contributed by atoms with Crippen molar-refractivity contribution in [3.8, 4) is 5.75 Å². The molecule has 0 fully saturated rings. The van der Waals surface area contributed by atoms with Crippen LogP contribution in [0.15, 0.2) is 78.9 Å². The highest BCUT2D eigenvalue weighted by molar-refractivity contribution is 5.88. The normalized spacial score (nSPS) is 12.9. The Bertz CT molecular complexity index is 1200. The fourth-order valence-corrected chi connectivity index (χ4v) is 4.53. The van der Waals surface area contributed by atoms with Gasteiger partial charge in [-0.05, 0) is 59.6 Å². The highest BCUT2D eigenvalue weighted by atomic mass is 16.5. The molecule has 0 saturated carbocycles. The standard InChI is InChI=1S/C34H44N2O3/c1-7-25(2)35-33(38)31(23-27-12-9-8-10-13-27)36(24-28-14-11-15-30(22-28)39-6)32(37)21-18-26-16-19-29(20-17-26)34(3,4)5/h8-17,19-20,22,25,31H,7,18,21,23-24H2,1-6H3,(H,35,38)/t25-,31+/m0/s1. The lowest BCUT2D eigenvalue weighted by atomic mass is 9.86. The third-order valence-electron chi connectivity index (χ3n) is 7.21. The molecule has 0 heterocycles. The monoisotopic (exact) mass is 528 g/mol. The number of aryl methyl sites for hydroxylation is 1. The molecule has 0 aliphatic heterocycles. The number of methoxy groups -OCH3 is 1. The lowest BCUT2D eigenvalue weighted by Crippen LogP contribution is -2.52. The van der Waals surface area contributed by atoms with Crippen LogP contribution in [0.4, 0.5) is 0 Å². The molecule has 0 radical (unpaired) electrons. The van der Waals surface area contributed by atoms with Crippen molar-refractivity contribution < 1.29 is 14.3 Å². The molecule has 0 aliphatic rings. The topological polar surface area (TPSA) is 58.6 Å². The van der Waals surface area contributed by atoms with Gasteiger partial charge >= 0.3 is 0 Å². The third kappa shape index (κ3) is 8.98. The summed E-state index contributed by atoms with van der Waals surface area (Å²) in [6.45, 7) is 10.9. The van der Waals surface area contributed by atoms with E-state index in [0.717, 1.165) is 28.9 Å². The third-order valence-corrected chi connectivity index (χ3v) is 7.21. The molecule has 1 N–H and O–H groups in total. The maximum Gasteiger partial charge on any atom is 0.243 e. The van der Waals surface area contributed by atoms with E-state index in [-0.39, 0.29) is 23.3 Å². The van der Waals surface area contributed by atoms with Gasteiger partial charge in [0.1, 0.15) is 11.8 Å². The molecule has 0 spiro atoms. The van der Waals surface area contributed by atoms with E-state index in [4.69, 9.17) is 4.74 Å². The van der Waals surface area contributed by atoms with Crippen molar-refractivity contribution in [1.29, 1.82) is 0 Å². The second-order valence-corrected chi connectivity index (χ2v) is 11.3. The molecule has 0 aromatic heterocycles. The summed E-state index contributed by atoms with van der Waals surface area (Å²) in [5.41, 5.74) is 4.40. The molecular weight excluding hydrogens is 484 g/mol. The van der Waals surface area contributed by atoms with Gasteiger partial charge in [0.15, 0.2) is 0 Å². The van der Waals surface area contributed by atoms with Crippen LogP contribution >= 0.6 is 0 Å². The van der Waals surface area contributed by atoms with Gasteiger partial charge in [-0.1, -0.05) is 94.4 Å². The van der Waals surface area contributed by atoms with Crippen molar-refractivity contribution in [2.45, 2.75) is 84.3 Å². The van der Waals surface area contributed by atoms with Crippen LogP contribution in [0.2, 0.25) is 0 Å². The summed E-state index contributed by atoms with van der Waals surface area (Å²) >= 11 is 0. The van der Waals surface area contributed by atoms with E-state index in [1.165, 1.54) is 5.56 Å². The molecular formula is C34H44N2O3. The van der Waals surface area contributed by atoms with Crippen LogP contribution in [0.5, 0.6) is 5.75 Å². The lowest BCUT2D eigenvalue weighted by Gasteiger charge is -2.32. The average molecular weight is 529 g/mol. The molecule has 2 amide bonds. The van der Waals surface area contributed by atoms with Crippen molar-refractivity contribution in [3.05, 3.63) is 101 Å². The summed E-state index contributed by atoms with van der Waals surface area (Å²) < 4.78 is 5.42. The zero-order valence-electron chi connectivity index (χ0n) is 24.4. The number of ether oxygens (including phenoxy) is 1. The van der Waals surface area contributed by atoms with Gasteiger partial charge in [0.05, 0.1) is 7.11 Å². The SMILES string of the molecule is CC[C@H](C)NC(=O)[C@@H](Cc1ccccc1)N(Cc1cccc(OC)c1)C(=O)CCc1ccc(C(C)(C)C)cc1. The second kappa shape index (κ2) is 14.0. The fourth-order valence-electron chi connectivity index (χ4n) is 4.53. The van der Waals surface area contributed by atoms with Crippen LogP contribution in [0.25, 0.3) is 0 Å². The average Bonchev–Trinajstić information content (AvgIpc) is 2.93. The molecule has 5 nitrogen and oxygen atoms in total. The zero-order chi connectivity index (χ0) is 28.4. The van der Waals surface area contributed by atoms with Gasteiger partial charge in [0.25, 0.3) is 0 Å². The molecule has 3 aromatic carbocycles. The first-order valence-corrected chi connectivity index (χ1v) is 14.0. The van der Waals surface area contributed by atoms with E-state index in [1.807, 2.05) is 68.4 Å². The van der Waals surface area contributed by atoms with Crippen molar-refractivity contribution in [1.82, 2.24) is 10.2 Å². The second-order valence-electron chi connectivity index (χ2n) is 11.3.